The van der Waals surface area contributed by atoms with Crippen molar-refractivity contribution in [1.29, 1.82) is 0 Å². The fraction of sp³-hybridized carbons (Fsp3) is 0.462. The topological polar surface area (TPSA) is 51.2 Å². The Morgan fingerprint density at radius 1 is 0.938 bits per heavy atom. The Bertz CT molecular complexity index is 953. The first-order valence-corrected chi connectivity index (χ1v) is 11.7. The average molecular weight is 434 g/mol. The smallest absolute Gasteiger partial charge is 0.223 e. The van der Waals surface area contributed by atoms with Crippen LogP contribution >= 0.6 is 0 Å². The summed E-state index contributed by atoms with van der Waals surface area (Å²) in [6, 6.07) is 14.9. The van der Waals surface area contributed by atoms with Crippen LogP contribution in [0.4, 0.5) is 5.69 Å². The SMILES string of the molecule is CN=C(NCCCC(=O)N1Cc2ccccc2C1)N1CCN(c2cccc(C)c2C)CC1. The number of guanidine groups is 1. The minimum absolute atomic E-state index is 0.236. The number of hydrogen-bond donors (Lipinski definition) is 1. The van der Waals surface area contributed by atoms with E-state index in [-0.39, 0.29) is 5.91 Å². The molecule has 2 aliphatic heterocycles. The fourth-order valence-corrected chi connectivity index (χ4v) is 4.68. The van der Waals surface area contributed by atoms with E-state index in [4.69, 9.17) is 0 Å². The number of aliphatic imine (C=N–C) groups is 1. The van der Waals surface area contributed by atoms with Crippen molar-refractivity contribution in [1.82, 2.24) is 15.1 Å². The van der Waals surface area contributed by atoms with Crippen molar-refractivity contribution in [3.63, 3.8) is 0 Å². The van der Waals surface area contributed by atoms with Crippen molar-refractivity contribution in [3.05, 3.63) is 64.7 Å². The van der Waals surface area contributed by atoms with Crippen LogP contribution in [0, 0.1) is 13.8 Å². The lowest BCUT2D eigenvalue weighted by Gasteiger charge is -2.38. The standard InChI is InChI=1S/C26H35N5O/c1-20-8-6-11-24(21(20)2)29-14-16-30(17-15-29)26(27-3)28-13-7-12-25(32)31-18-22-9-4-5-10-23(22)19-31/h4-6,8-11H,7,12-19H2,1-3H3,(H,27,28). The second-order valence-corrected chi connectivity index (χ2v) is 8.79. The van der Waals surface area contributed by atoms with Crippen LogP contribution in [0.5, 0.6) is 0 Å². The van der Waals surface area contributed by atoms with E-state index < -0.39 is 0 Å². The molecule has 2 aliphatic rings. The number of nitrogens with one attached hydrogen (secondary N) is 1. The van der Waals surface area contributed by atoms with Gasteiger partial charge in [0.25, 0.3) is 0 Å². The molecule has 1 fully saturated rings. The van der Waals surface area contributed by atoms with Gasteiger partial charge >= 0.3 is 0 Å². The summed E-state index contributed by atoms with van der Waals surface area (Å²) < 4.78 is 0. The van der Waals surface area contributed by atoms with Crippen molar-refractivity contribution < 1.29 is 4.79 Å². The average Bonchev–Trinajstić information content (AvgIpc) is 3.26. The van der Waals surface area contributed by atoms with Gasteiger partial charge in [-0.05, 0) is 48.6 Å². The molecule has 0 radical (unpaired) electrons. The Kier molecular flexibility index (Phi) is 6.98. The summed E-state index contributed by atoms with van der Waals surface area (Å²) in [5, 5.41) is 3.46. The number of rotatable bonds is 5. The minimum atomic E-state index is 0.236. The van der Waals surface area contributed by atoms with Crippen LogP contribution in [0.1, 0.15) is 35.1 Å². The third-order valence-electron chi connectivity index (χ3n) is 6.75. The van der Waals surface area contributed by atoms with Gasteiger partial charge in [0.05, 0.1) is 0 Å². The molecule has 0 atom stereocenters. The zero-order chi connectivity index (χ0) is 22.5. The minimum Gasteiger partial charge on any atom is -0.368 e. The van der Waals surface area contributed by atoms with Crippen LogP contribution in [0.2, 0.25) is 0 Å². The second-order valence-electron chi connectivity index (χ2n) is 8.79. The van der Waals surface area contributed by atoms with Gasteiger partial charge in [0.15, 0.2) is 5.96 Å². The van der Waals surface area contributed by atoms with E-state index >= 15 is 0 Å². The van der Waals surface area contributed by atoms with E-state index in [0.29, 0.717) is 6.42 Å². The van der Waals surface area contributed by atoms with Crippen molar-refractivity contribution in [2.45, 2.75) is 39.8 Å². The van der Waals surface area contributed by atoms with Gasteiger partial charge in [0, 0.05) is 65.0 Å². The maximum atomic E-state index is 12.6. The summed E-state index contributed by atoms with van der Waals surface area (Å²) in [5.41, 5.74) is 6.61. The number of carbonyl (C=O) groups excluding carboxylic acids is 1. The Morgan fingerprint density at radius 3 is 2.28 bits per heavy atom. The molecule has 0 unspecified atom stereocenters. The molecule has 1 amide bonds. The third-order valence-corrected chi connectivity index (χ3v) is 6.75. The zero-order valence-electron chi connectivity index (χ0n) is 19.6. The van der Waals surface area contributed by atoms with Gasteiger partial charge in [-0.15, -0.1) is 0 Å². The van der Waals surface area contributed by atoms with Crippen molar-refractivity contribution >= 4 is 17.6 Å². The van der Waals surface area contributed by atoms with Crippen LogP contribution in [0.3, 0.4) is 0 Å². The molecule has 2 aromatic carbocycles. The number of nitrogens with zero attached hydrogens (tertiary/aromatic N) is 4. The molecule has 0 spiro atoms. The molecule has 0 aliphatic carbocycles. The van der Waals surface area contributed by atoms with E-state index in [0.717, 1.165) is 58.2 Å². The number of hydrogen-bond acceptors (Lipinski definition) is 3. The molecule has 32 heavy (non-hydrogen) atoms. The molecular weight excluding hydrogens is 398 g/mol. The van der Waals surface area contributed by atoms with Crippen LogP contribution in [0.25, 0.3) is 0 Å². The van der Waals surface area contributed by atoms with Gasteiger partial charge in [-0.1, -0.05) is 36.4 Å². The molecule has 170 valence electrons. The number of fused-ring (bicyclic) bond motifs is 1. The molecular formula is C26H35N5O. The maximum absolute atomic E-state index is 12.6. The fourth-order valence-electron chi connectivity index (χ4n) is 4.68. The maximum Gasteiger partial charge on any atom is 0.223 e. The molecule has 0 saturated carbocycles. The van der Waals surface area contributed by atoms with Crippen LogP contribution < -0.4 is 10.2 Å². The summed E-state index contributed by atoms with van der Waals surface area (Å²) in [7, 11) is 1.84. The lowest BCUT2D eigenvalue weighted by Crippen LogP contribution is -2.52. The predicted octanol–water partition coefficient (Wildman–Crippen LogP) is 3.32. The highest BCUT2D eigenvalue weighted by atomic mass is 16.2. The third kappa shape index (κ3) is 4.90. The van der Waals surface area contributed by atoms with Gasteiger partial charge in [0.1, 0.15) is 0 Å². The first-order chi connectivity index (χ1) is 15.6. The molecule has 6 nitrogen and oxygen atoms in total. The summed E-state index contributed by atoms with van der Waals surface area (Å²) in [6.45, 7) is 10.5. The Hall–Kier alpha value is -3.02. The van der Waals surface area contributed by atoms with E-state index in [1.54, 1.807) is 0 Å². The summed E-state index contributed by atoms with van der Waals surface area (Å²) in [4.78, 5) is 23.8. The van der Waals surface area contributed by atoms with Crippen molar-refractivity contribution in [3.8, 4) is 0 Å². The highest BCUT2D eigenvalue weighted by Gasteiger charge is 2.23. The Morgan fingerprint density at radius 2 is 1.62 bits per heavy atom. The highest BCUT2D eigenvalue weighted by Crippen LogP contribution is 2.24. The van der Waals surface area contributed by atoms with Gasteiger partial charge in [-0.2, -0.15) is 0 Å². The number of piperazine rings is 1. The molecule has 1 saturated heterocycles. The first-order valence-electron chi connectivity index (χ1n) is 11.7. The van der Waals surface area contributed by atoms with Gasteiger partial charge in [-0.25, -0.2) is 0 Å². The summed E-state index contributed by atoms with van der Waals surface area (Å²) in [5.74, 6) is 1.17. The van der Waals surface area contributed by atoms with Gasteiger partial charge < -0.3 is 20.0 Å². The molecule has 2 aromatic rings. The quantitative estimate of drug-likeness (QED) is 0.447. The number of aryl methyl sites for hydroxylation is 1. The van der Waals surface area contributed by atoms with E-state index in [2.05, 4.69) is 64.3 Å². The van der Waals surface area contributed by atoms with Crippen LogP contribution in [-0.2, 0) is 17.9 Å². The van der Waals surface area contributed by atoms with Gasteiger partial charge in [0.2, 0.25) is 5.91 Å². The summed E-state index contributed by atoms with van der Waals surface area (Å²) >= 11 is 0. The highest BCUT2D eigenvalue weighted by molar-refractivity contribution is 5.80. The lowest BCUT2D eigenvalue weighted by atomic mass is 10.1. The molecule has 2 heterocycles. The second kappa shape index (κ2) is 10.1. The molecule has 4 rings (SSSR count). The van der Waals surface area contributed by atoms with E-state index in [9.17, 15) is 4.79 Å². The number of anilines is 1. The number of amides is 1. The predicted molar refractivity (Wildman–Crippen MR) is 131 cm³/mol. The lowest BCUT2D eigenvalue weighted by molar-refractivity contribution is -0.131. The largest absolute Gasteiger partial charge is 0.368 e. The van der Waals surface area contributed by atoms with Gasteiger partial charge in [-0.3, -0.25) is 9.79 Å². The molecule has 1 N–H and O–H groups in total. The molecule has 0 bridgehead atoms. The Balaban J connectivity index is 1.20. The monoisotopic (exact) mass is 433 g/mol. The molecule has 6 heteroatoms. The van der Waals surface area contributed by atoms with E-state index in [1.807, 2.05) is 24.1 Å². The molecule has 0 aromatic heterocycles. The Labute approximate surface area is 191 Å². The number of benzene rings is 2. The zero-order valence-corrected chi connectivity index (χ0v) is 19.6. The van der Waals surface area contributed by atoms with Crippen LogP contribution in [0.15, 0.2) is 47.5 Å². The number of carbonyl (C=O) groups is 1. The van der Waals surface area contributed by atoms with Crippen molar-refractivity contribution in [2.24, 2.45) is 4.99 Å². The van der Waals surface area contributed by atoms with E-state index in [1.165, 1.54) is 27.9 Å². The summed E-state index contributed by atoms with van der Waals surface area (Å²) in [6.07, 6.45) is 1.38. The van der Waals surface area contributed by atoms with Crippen molar-refractivity contribution in [2.75, 3.05) is 44.7 Å². The van der Waals surface area contributed by atoms with Crippen LogP contribution in [-0.4, -0.2) is 61.4 Å². The first kappa shape index (κ1) is 22.2. The normalized spacial score (nSPS) is 16.3.